The lowest BCUT2D eigenvalue weighted by Gasteiger charge is -2.33. The first-order chi connectivity index (χ1) is 11.7. The summed E-state index contributed by atoms with van der Waals surface area (Å²) in [5.41, 5.74) is 3.55. The highest BCUT2D eigenvalue weighted by atomic mass is 32.1. The van der Waals surface area contributed by atoms with Gasteiger partial charge in [-0.1, -0.05) is 29.8 Å². The van der Waals surface area contributed by atoms with Gasteiger partial charge in [-0.3, -0.25) is 4.79 Å². The lowest BCUT2D eigenvalue weighted by Crippen LogP contribution is -2.48. The zero-order valence-corrected chi connectivity index (χ0v) is 15.7. The van der Waals surface area contributed by atoms with Crippen LogP contribution in [0.5, 0.6) is 0 Å². The van der Waals surface area contributed by atoms with Crippen LogP contribution in [0.15, 0.2) is 29.8 Å². The Hall–Kier alpha value is -2.41. The SMILES string of the molecule is Cc1cccc(-c2scnc2C(=O)NCCN(C(=O)O)C(C)(C)C)c1. The second kappa shape index (κ2) is 7.65. The van der Waals surface area contributed by atoms with Crippen LogP contribution in [-0.4, -0.2) is 45.6 Å². The molecule has 2 amide bonds. The minimum Gasteiger partial charge on any atom is -0.465 e. The first kappa shape index (κ1) is 18.9. The standard InChI is InChI=1S/C18H23N3O3S/c1-12-6-5-7-13(10-12)15-14(20-11-25-15)16(22)19-8-9-21(17(23)24)18(2,3)4/h5-7,10-11H,8-9H2,1-4H3,(H,19,22)(H,23,24). The van der Waals surface area contributed by atoms with E-state index < -0.39 is 11.6 Å². The number of benzene rings is 1. The summed E-state index contributed by atoms with van der Waals surface area (Å²) in [6.45, 7) is 7.90. The van der Waals surface area contributed by atoms with Gasteiger partial charge in [0.15, 0.2) is 0 Å². The van der Waals surface area contributed by atoms with E-state index in [1.807, 2.05) is 52.0 Å². The third-order valence-corrected chi connectivity index (χ3v) is 4.60. The van der Waals surface area contributed by atoms with E-state index in [-0.39, 0.29) is 19.0 Å². The second-order valence-corrected chi connectivity index (χ2v) is 7.62. The fourth-order valence-corrected chi connectivity index (χ4v) is 3.27. The molecule has 7 heteroatoms. The molecule has 2 rings (SSSR count). The molecule has 0 fully saturated rings. The Morgan fingerprint density at radius 3 is 2.64 bits per heavy atom. The Kier molecular flexibility index (Phi) is 5.79. The van der Waals surface area contributed by atoms with Crippen LogP contribution in [0.25, 0.3) is 10.4 Å². The monoisotopic (exact) mass is 361 g/mol. The van der Waals surface area contributed by atoms with Gasteiger partial charge in [-0.15, -0.1) is 11.3 Å². The van der Waals surface area contributed by atoms with Gasteiger partial charge in [0, 0.05) is 18.6 Å². The van der Waals surface area contributed by atoms with Gasteiger partial charge in [0.2, 0.25) is 0 Å². The van der Waals surface area contributed by atoms with Crippen molar-refractivity contribution in [2.45, 2.75) is 33.2 Å². The van der Waals surface area contributed by atoms with Crippen molar-refractivity contribution in [2.75, 3.05) is 13.1 Å². The van der Waals surface area contributed by atoms with Crippen molar-refractivity contribution in [3.8, 4) is 10.4 Å². The highest BCUT2D eigenvalue weighted by Gasteiger charge is 2.26. The molecule has 0 atom stereocenters. The summed E-state index contributed by atoms with van der Waals surface area (Å²) in [6.07, 6.45) is -1.00. The number of aromatic nitrogens is 1. The van der Waals surface area contributed by atoms with Crippen LogP contribution in [0.3, 0.4) is 0 Å². The molecular formula is C18H23N3O3S. The van der Waals surface area contributed by atoms with Crippen molar-refractivity contribution >= 4 is 23.3 Å². The molecule has 6 nitrogen and oxygen atoms in total. The van der Waals surface area contributed by atoms with Crippen LogP contribution in [0.2, 0.25) is 0 Å². The van der Waals surface area contributed by atoms with Crippen LogP contribution in [-0.2, 0) is 0 Å². The number of carbonyl (C=O) groups excluding carboxylic acids is 1. The maximum atomic E-state index is 12.5. The van der Waals surface area contributed by atoms with E-state index in [9.17, 15) is 14.7 Å². The normalized spacial score (nSPS) is 11.2. The van der Waals surface area contributed by atoms with Crippen molar-refractivity contribution in [3.05, 3.63) is 41.0 Å². The van der Waals surface area contributed by atoms with Gasteiger partial charge in [0.05, 0.1) is 10.4 Å². The maximum Gasteiger partial charge on any atom is 0.407 e. The first-order valence-electron chi connectivity index (χ1n) is 7.99. The predicted octanol–water partition coefficient (Wildman–Crippen LogP) is 3.63. The van der Waals surface area contributed by atoms with E-state index in [4.69, 9.17) is 0 Å². The molecule has 0 saturated heterocycles. The summed E-state index contributed by atoms with van der Waals surface area (Å²) < 4.78 is 0. The average molecular weight is 361 g/mol. The Labute approximate surface area is 151 Å². The quantitative estimate of drug-likeness (QED) is 0.852. The molecule has 0 aliphatic heterocycles. The van der Waals surface area contributed by atoms with E-state index in [1.54, 1.807) is 5.51 Å². The topological polar surface area (TPSA) is 82.5 Å². The van der Waals surface area contributed by atoms with Crippen LogP contribution in [0.4, 0.5) is 4.79 Å². The number of amides is 2. The summed E-state index contributed by atoms with van der Waals surface area (Å²) in [5, 5.41) is 12.0. The van der Waals surface area contributed by atoms with Crippen molar-refractivity contribution in [1.82, 2.24) is 15.2 Å². The number of carbonyl (C=O) groups is 2. The number of carboxylic acid groups (broad SMARTS) is 1. The first-order valence-corrected chi connectivity index (χ1v) is 8.87. The Morgan fingerprint density at radius 2 is 2.04 bits per heavy atom. The molecule has 2 N–H and O–H groups in total. The summed E-state index contributed by atoms with van der Waals surface area (Å²) in [7, 11) is 0. The van der Waals surface area contributed by atoms with Crippen molar-refractivity contribution in [2.24, 2.45) is 0 Å². The Balaban J connectivity index is 2.06. The van der Waals surface area contributed by atoms with Crippen molar-refractivity contribution in [1.29, 1.82) is 0 Å². The van der Waals surface area contributed by atoms with Gasteiger partial charge in [-0.05, 0) is 33.3 Å². The minimum absolute atomic E-state index is 0.217. The van der Waals surface area contributed by atoms with Crippen LogP contribution >= 0.6 is 11.3 Å². The summed E-state index contributed by atoms with van der Waals surface area (Å²) in [5.74, 6) is -0.294. The zero-order valence-electron chi connectivity index (χ0n) is 14.9. The lowest BCUT2D eigenvalue weighted by atomic mass is 10.1. The van der Waals surface area contributed by atoms with E-state index in [0.717, 1.165) is 16.0 Å². The molecule has 0 spiro atoms. The van der Waals surface area contributed by atoms with Gasteiger partial charge in [0.25, 0.3) is 5.91 Å². The molecule has 0 bridgehead atoms. The van der Waals surface area contributed by atoms with Crippen LogP contribution < -0.4 is 5.32 Å². The number of rotatable bonds is 5. The molecule has 134 valence electrons. The molecule has 1 aromatic heterocycles. The Morgan fingerprint density at radius 1 is 1.32 bits per heavy atom. The number of thiazole rings is 1. The smallest absolute Gasteiger partial charge is 0.407 e. The van der Waals surface area contributed by atoms with Gasteiger partial charge in [0.1, 0.15) is 5.69 Å². The minimum atomic E-state index is -1.00. The van der Waals surface area contributed by atoms with Crippen LogP contribution in [0, 0.1) is 6.92 Å². The molecule has 25 heavy (non-hydrogen) atoms. The fraction of sp³-hybridized carbons (Fsp3) is 0.389. The van der Waals surface area contributed by atoms with Gasteiger partial charge in [-0.25, -0.2) is 9.78 Å². The van der Waals surface area contributed by atoms with Crippen LogP contribution in [0.1, 0.15) is 36.8 Å². The Bertz CT molecular complexity index is 765. The molecule has 1 aromatic carbocycles. The lowest BCUT2D eigenvalue weighted by molar-refractivity contribution is 0.0889. The zero-order chi connectivity index (χ0) is 18.6. The molecule has 2 aromatic rings. The molecule has 1 heterocycles. The highest BCUT2D eigenvalue weighted by Crippen LogP contribution is 2.28. The predicted molar refractivity (Wildman–Crippen MR) is 99.1 cm³/mol. The third kappa shape index (κ3) is 4.79. The summed E-state index contributed by atoms with van der Waals surface area (Å²) >= 11 is 1.41. The second-order valence-electron chi connectivity index (χ2n) is 6.76. The van der Waals surface area contributed by atoms with Gasteiger partial charge in [-0.2, -0.15) is 0 Å². The van der Waals surface area contributed by atoms with E-state index in [0.29, 0.717) is 5.69 Å². The molecule has 0 radical (unpaired) electrons. The molecular weight excluding hydrogens is 338 g/mol. The molecule has 0 unspecified atom stereocenters. The summed E-state index contributed by atoms with van der Waals surface area (Å²) in [4.78, 5) is 30.1. The third-order valence-electron chi connectivity index (χ3n) is 3.72. The number of aryl methyl sites for hydroxylation is 1. The van der Waals surface area contributed by atoms with E-state index in [2.05, 4.69) is 10.3 Å². The average Bonchev–Trinajstić information content (AvgIpc) is 2.99. The molecule has 0 aliphatic carbocycles. The fourth-order valence-electron chi connectivity index (χ4n) is 2.48. The van der Waals surface area contributed by atoms with E-state index >= 15 is 0 Å². The number of nitrogens with zero attached hydrogens (tertiary/aromatic N) is 2. The number of hydrogen-bond donors (Lipinski definition) is 2. The largest absolute Gasteiger partial charge is 0.465 e. The van der Waals surface area contributed by atoms with Gasteiger partial charge >= 0.3 is 6.09 Å². The molecule has 0 aliphatic rings. The number of hydrogen-bond acceptors (Lipinski definition) is 4. The highest BCUT2D eigenvalue weighted by molar-refractivity contribution is 7.13. The van der Waals surface area contributed by atoms with Crippen molar-refractivity contribution in [3.63, 3.8) is 0 Å². The maximum absolute atomic E-state index is 12.5. The molecule has 0 saturated carbocycles. The van der Waals surface area contributed by atoms with E-state index in [1.165, 1.54) is 16.2 Å². The number of nitrogens with one attached hydrogen (secondary N) is 1. The van der Waals surface area contributed by atoms with Gasteiger partial charge < -0.3 is 15.3 Å². The van der Waals surface area contributed by atoms with Crippen molar-refractivity contribution < 1.29 is 14.7 Å². The summed E-state index contributed by atoms with van der Waals surface area (Å²) in [6, 6.07) is 7.90.